The summed E-state index contributed by atoms with van der Waals surface area (Å²) in [6, 6.07) is 0. The van der Waals surface area contributed by atoms with Crippen LogP contribution in [0.3, 0.4) is 0 Å². The molecule has 4 heteroatoms. The molecule has 1 unspecified atom stereocenters. The number of hydrogen-bond acceptors (Lipinski definition) is 3. The topological polar surface area (TPSA) is 46.5 Å². The molecule has 1 rings (SSSR count). The molecule has 0 radical (unpaired) electrons. The zero-order chi connectivity index (χ0) is 6.85. The molecule has 1 heterocycles. The van der Waals surface area contributed by atoms with Crippen molar-refractivity contribution < 1.29 is 14.6 Å². The van der Waals surface area contributed by atoms with E-state index in [0.29, 0.717) is 4.48 Å². The monoisotopic (exact) mass is 192 g/mol. The van der Waals surface area contributed by atoms with Gasteiger partial charge in [0.25, 0.3) is 0 Å². The normalized spacial score (nSPS) is 28.0. The van der Waals surface area contributed by atoms with Gasteiger partial charge in [0.1, 0.15) is 6.61 Å². The molecule has 0 fully saturated rings. The van der Waals surface area contributed by atoms with Crippen molar-refractivity contribution in [2.45, 2.75) is 6.29 Å². The summed E-state index contributed by atoms with van der Waals surface area (Å²) in [5, 5.41) is 8.72. The fourth-order valence-electron chi connectivity index (χ4n) is 0.496. The number of ether oxygens (including phenoxy) is 1. The summed E-state index contributed by atoms with van der Waals surface area (Å²) < 4.78 is 4.95. The van der Waals surface area contributed by atoms with E-state index in [2.05, 4.69) is 20.7 Å². The van der Waals surface area contributed by atoms with Gasteiger partial charge in [-0.3, -0.25) is 4.79 Å². The third-order valence-corrected chi connectivity index (χ3v) is 1.65. The van der Waals surface area contributed by atoms with Crippen LogP contribution in [-0.2, 0) is 9.53 Å². The van der Waals surface area contributed by atoms with Crippen LogP contribution < -0.4 is 0 Å². The number of carbonyl (C=O) groups is 1. The molecule has 0 amide bonds. The van der Waals surface area contributed by atoms with E-state index in [1.54, 1.807) is 0 Å². The number of ketones is 1. The number of aliphatic hydroxyl groups excluding tert-OH is 1. The molecule has 1 atom stereocenters. The highest BCUT2D eigenvalue weighted by Crippen LogP contribution is 2.13. The predicted octanol–water partition coefficient (Wildman–Crippen LogP) is 0.183. The molecule has 9 heavy (non-hydrogen) atoms. The molecule has 0 bridgehead atoms. The zero-order valence-corrected chi connectivity index (χ0v) is 6.09. The van der Waals surface area contributed by atoms with Gasteiger partial charge < -0.3 is 9.84 Å². The van der Waals surface area contributed by atoms with Crippen LogP contribution in [0.1, 0.15) is 0 Å². The summed E-state index contributed by atoms with van der Waals surface area (Å²) in [5.41, 5.74) is 0. The third kappa shape index (κ3) is 1.61. The van der Waals surface area contributed by atoms with Gasteiger partial charge >= 0.3 is 0 Å². The predicted molar refractivity (Wildman–Crippen MR) is 34.0 cm³/mol. The minimum atomic E-state index is -0.933. The molecule has 0 saturated heterocycles. The first kappa shape index (κ1) is 6.92. The summed E-state index contributed by atoms with van der Waals surface area (Å²) in [6.45, 7) is -0.0434. The van der Waals surface area contributed by atoms with E-state index in [1.807, 2.05) is 0 Å². The molecule has 3 nitrogen and oxygen atoms in total. The van der Waals surface area contributed by atoms with Crippen LogP contribution in [0.4, 0.5) is 0 Å². The first-order chi connectivity index (χ1) is 4.20. The summed E-state index contributed by atoms with van der Waals surface area (Å²) in [6.07, 6.45) is 0.378. The third-order valence-electron chi connectivity index (χ3n) is 0.940. The van der Waals surface area contributed by atoms with Crippen molar-refractivity contribution in [3.63, 3.8) is 0 Å². The highest BCUT2D eigenvalue weighted by molar-refractivity contribution is 9.12. The number of carbonyl (C=O) groups excluding carboxylic acids is 1. The van der Waals surface area contributed by atoms with E-state index >= 15 is 0 Å². The van der Waals surface area contributed by atoms with E-state index in [1.165, 1.54) is 6.08 Å². The van der Waals surface area contributed by atoms with E-state index in [-0.39, 0.29) is 12.4 Å². The zero-order valence-electron chi connectivity index (χ0n) is 4.50. The van der Waals surface area contributed by atoms with Crippen molar-refractivity contribution in [1.82, 2.24) is 0 Å². The first-order valence-electron chi connectivity index (χ1n) is 2.40. The van der Waals surface area contributed by atoms with Crippen LogP contribution >= 0.6 is 15.9 Å². The lowest BCUT2D eigenvalue weighted by molar-refractivity contribution is -0.131. The molecule has 0 aromatic rings. The van der Waals surface area contributed by atoms with Gasteiger partial charge in [-0.15, -0.1) is 0 Å². The molecular weight excluding hydrogens is 188 g/mol. The summed E-state index contributed by atoms with van der Waals surface area (Å²) in [7, 11) is 0. The number of rotatable bonds is 0. The van der Waals surface area contributed by atoms with Crippen LogP contribution in [0, 0.1) is 0 Å². The van der Waals surface area contributed by atoms with Gasteiger partial charge in [0.05, 0.1) is 4.48 Å². The maximum absolute atomic E-state index is 10.6. The molecule has 0 aromatic heterocycles. The molecule has 0 aromatic carbocycles. The number of halogens is 1. The highest BCUT2D eigenvalue weighted by Gasteiger charge is 2.16. The van der Waals surface area contributed by atoms with Gasteiger partial charge in [0.2, 0.25) is 0 Å². The van der Waals surface area contributed by atoms with Gasteiger partial charge in [0, 0.05) is 0 Å². The average Bonchev–Trinajstić information content (AvgIpc) is 1.80. The first-order valence-corrected chi connectivity index (χ1v) is 3.19. The van der Waals surface area contributed by atoms with Gasteiger partial charge in [-0.2, -0.15) is 0 Å². The fraction of sp³-hybridized carbons (Fsp3) is 0.400. The van der Waals surface area contributed by atoms with E-state index < -0.39 is 6.29 Å². The van der Waals surface area contributed by atoms with E-state index in [0.717, 1.165) is 0 Å². The number of Topliss-reactive ketones (excluding diaryl/α,β-unsaturated/α-hetero) is 1. The van der Waals surface area contributed by atoms with Crippen LogP contribution in [0.15, 0.2) is 10.6 Å². The Morgan fingerprint density at radius 3 is 3.00 bits per heavy atom. The van der Waals surface area contributed by atoms with Gasteiger partial charge in [0.15, 0.2) is 12.1 Å². The molecule has 1 aliphatic heterocycles. The largest absolute Gasteiger partial charge is 0.365 e. The standard InChI is InChI=1S/C5H5BrO3/c6-3-1-5(8)9-2-4(3)7/h1,5,8H,2H2. The summed E-state index contributed by atoms with van der Waals surface area (Å²) in [4.78, 5) is 10.6. The molecular formula is C5H5BrO3. The Balaban J connectivity index is 2.72. The Bertz CT molecular complexity index is 164. The highest BCUT2D eigenvalue weighted by atomic mass is 79.9. The Morgan fingerprint density at radius 2 is 2.56 bits per heavy atom. The summed E-state index contributed by atoms with van der Waals surface area (Å²) >= 11 is 2.97. The Labute approximate surface area is 60.4 Å². The smallest absolute Gasteiger partial charge is 0.195 e. The van der Waals surface area contributed by atoms with Crippen LogP contribution in [0.5, 0.6) is 0 Å². The quantitative estimate of drug-likeness (QED) is 0.596. The van der Waals surface area contributed by atoms with Crippen molar-refractivity contribution in [2.24, 2.45) is 0 Å². The van der Waals surface area contributed by atoms with Crippen LogP contribution in [0.25, 0.3) is 0 Å². The van der Waals surface area contributed by atoms with E-state index in [9.17, 15) is 4.79 Å². The Kier molecular flexibility index (Phi) is 2.00. The SMILES string of the molecule is O=C1COC(O)C=C1Br. The molecule has 0 saturated carbocycles. The van der Waals surface area contributed by atoms with Crippen molar-refractivity contribution in [2.75, 3.05) is 6.61 Å². The second-order valence-corrected chi connectivity index (χ2v) is 2.49. The Morgan fingerprint density at radius 1 is 1.89 bits per heavy atom. The van der Waals surface area contributed by atoms with Crippen molar-refractivity contribution in [1.29, 1.82) is 0 Å². The maximum Gasteiger partial charge on any atom is 0.195 e. The maximum atomic E-state index is 10.6. The molecule has 0 spiro atoms. The molecule has 1 aliphatic rings. The fourth-order valence-corrected chi connectivity index (χ4v) is 0.837. The number of aliphatic hydroxyl groups is 1. The van der Waals surface area contributed by atoms with Crippen molar-refractivity contribution in [3.8, 4) is 0 Å². The molecule has 0 aliphatic carbocycles. The number of hydrogen-bond donors (Lipinski definition) is 1. The van der Waals surface area contributed by atoms with Crippen molar-refractivity contribution in [3.05, 3.63) is 10.6 Å². The minimum absolute atomic E-state index is 0.0434. The Hall–Kier alpha value is -0.190. The second kappa shape index (κ2) is 2.60. The lowest BCUT2D eigenvalue weighted by Crippen LogP contribution is -2.22. The molecule has 50 valence electrons. The lowest BCUT2D eigenvalue weighted by atomic mass is 10.3. The van der Waals surface area contributed by atoms with Crippen molar-refractivity contribution >= 4 is 21.7 Å². The van der Waals surface area contributed by atoms with Gasteiger partial charge in [-0.1, -0.05) is 0 Å². The average molecular weight is 193 g/mol. The second-order valence-electron chi connectivity index (χ2n) is 1.64. The molecule has 1 N–H and O–H groups in total. The van der Waals surface area contributed by atoms with Gasteiger partial charge in [-0.25, -0.2) is 0 Å². The van der Waals surface area contributed by atoms with E-state index in [4.69, 9.17) is 5.11 Å². The van der Waals surface area contributed by atoms with Gasteiger partial charge in [-0.05, 0) is 22.0 Å². The van der Waals surface area contributed by atoms with Crippen LogP contribution in [0.2, 0.25) is 0 Å². The summed E-state index contributed by atoms with van der Waals surface area (Å²) in [5.74, 6) is -0.139. The van der Waals surface area contributed by atoms with Crippen LogP contribution in [-0.4, -0.2) is 23.8 Å². The lowest BCUT2D eigenvalue weighted by Gasteiger charge is -2.12. The minimum Gasteiger partial charge on any atom is -0.365 e.